The van der Waals surface area contributed by atoms with Crippen molar-refractivity contribution in [2.75, 3.05) is 0 Å². The average Bonchev–Trinajstić information content (AvgIpc) is 2.75. The van der Waals surface area contributed by atoms with Gasteiger partial charge in [-0.15, -0.1) is 11.3 Å². The Bertz CT molecular complexity index is 574. The Morgan fingerprint density at radius 1 is 1.42 bits per heavy atom. The third-order valence-electron chi connectivity index (χ3n) is 3.10. The van der Waals surface area contributed by atoms with Crippen LogP contribution in [-0.2, 0) is 11.3 Å². The first-order valence-corrected chi connectivity index (χ1v) is 7.30. The lowest BCUT2D eigenvalue weighted by atomic mass is 10.1. The van der Waals surface area contributed by atoms with Crippen molar-refractivity contribution in [3.8, 4) is 0 Å². The van der Waals surface area contributed by atoms with Crippen LogP contribution in [0, 0.1) is 0 Å². The van der Waals surface area contributed by atoms with Gasteiger partial charge in [0.05, 0.1) is 12.7 Å². The number of rotatable bonds is 6. The Morgan fingerprint density at radius 3 is 2.84 bits per heavy atom. The van der Waals surface area contributed by atoms with Crippen LogP contribution >= 0.6 is 11.3 Å². The van der Waals surface area contributed by atoms with Gasteiger partial charge in [-0.25, -0.2) is 4.79 Å². The Labute approximate surface area is 116 Å². The van der Waals surface area contributed by atoms with Crippen molar-refractivity contribution >= 4 is 27.4 Å². The second-order valence-corrected chi connectivity index (χ2v) is 5.67. The van der Waals surface area contributed by atoms with Crippen molar-refractivity contribution in [3.63, 3.8) is 0 Å². The molecule has 0 saturated carbocycles. The second kappa shape index (κ2) is 6.17. The Morgan fingerprint density at radius 2 is 2.16 bits per heavy atom. The zero-order chi connectivity index (χ0) is 13.8. The van der Waals surface area contributed by atoms with Crippen LogP contribution in [0.5, 0.6) is 0 Å². The van der Waals surface area contributed by atoms with Crippen LogP contribution in [-0.4, -0.2) is 17.2 Å². The van der Waals surface area contributed by atoms with Crippen molar-refractivity contribution in [2.24, 2.45) is 0 Å². The molecule has 19 heavy (non-hydrogen) atoms. The van der Waals surface area contributed by atoms with Crippen LogP contribution in [0.2, 0.25) is 0 Å². The summed E-state index contributed by atoms with van der Waals surface area (Å²) in [5.41, 5.74) is 0.802. The van der Waals surface area contributed by atoms with E-state index in [-0.39, 0.29) is 6.10 Å². The number of fused-ring (bicyclic) bond motifs is 1. The Balaban J connectivity index is 2.29. The van der Waals surface area contributed by atoms with E-state index >= 15 is 0 Å². The summed E-state index contributed by atoms with van der Waals surface area (Å²) in [6.07, 6.45) is 2.22. The van der Waals surface area contributed by atoms with Gasteiger partial charge in [-0.2, -0.15) is 0 Å². The number of hydrogen-bond acceptors (Lipinski definition) is 3. The number of carboxylic acid groups (broad SMARTS) is 1. The van der Waals surface area contributed by atoms with Gasteiger partial charge in [0.1, 0.15) is 4.88 Å². The van der Waals surface area contributed by atoms with Crippen LogP contribution < -0.4 is 0 Å². The highest BCUT2D eigenvalue weighted by Gasteiger charge is 2.18. The van der Waals surface area contributed by atoms with Gasteiger partial charge in [0.2, 0.25) is 0 Å². The predicted octanol–water partition coefficient (Wildman–Crippen LogP) is 4.30. The molecule has 1 N–H and O–H groups in total. The summed E-state index contributed by atoms with van der Waals surface area (Å²) in [5, 5.41) is 10.3. The van der Waals surface area contributed by atoms with Crippen molar-refractivity contribution in [2.45, 2.75) is 39.4 Å². The van der Waals surface area contributed by atoms with Crippen molar-refractivity contribution in [3.05, 3.63) is 34.7 Å². The van der Waals surface area contributed by atoms with Gasteiger partial charge >= 0.3 is 5.97 Å². The van der Waals surface area contributed by atoms with Gasteiger partial charge in [-0.1, -0.05) is 31.5 Å². The maximum absolute atomic E-state index is 11.3. The minimum absolute atomic E-state index is 0.158. The summed E-state index contributed by atoms with van der Waals surface area (Å²) in [7, 11) is 0. The van der Waals surface area contributed by atoms with Gasteiger partial charge < -0.3 is 9.84 Å². The highest BCUT2D eigenvalue weighted by atomic mass is 32.1. The predicted molar refractivity (Wildman–Crippen MR) is 77.9 cm³/mol. The number of thiophene rings is 1. The molecule has 0 aliphatic rings. The molecule has 0 bridgehead atoms. The lowest BCUT2D eigenvalue weighted by Gasteiger charge is -2.12. The zero-order valence-corrected chi connectivity index (χ0v) is 12.0. The first-order valence-electron chi connectivity index (χ1n) is 6.48. The maximum atomic E-state index is 11.3. The zero-order valence-electron chi connectivity index (χ0n) is 11.2. The summed E-state index contributed by atoms with van der Waals surface area (Å²) in [4.78, 5) is 11.7. The molecule has 1 aromatic heterocycles. The molecule has 0 radical (unpaired) electrons. The van der Waals surface area contributed by atoms with Gasteiger partial charge in [-0.3, -0.25) is 0 Å². The average molecular weight is 278 g/mol. The molecule has 2 aromatic rings. The molecule has 0 saturated heterocycles. The van der Waals surface area contributed by atoms with E-state index in [1.807, 2.05) is 31.2 Å². The lowest BCUT2D eigenvalue weighted by Crippen LogP contribution is -2.09. The molecule has 2 rings (SSSR count). The maximum Gasteiger partial charge on any atom is 0.346 e. The van der Waals surface area contributed by atoms with E-state index in [1.54, 1.807) is 0 Å². The SMILES string of the molecule is CCCC(C)OCc1c(C(=O)O)sc2ccccc12. The molecular weight excluding hydrogens is 260 g/mol. The molecular formula is C15H18O3S. The van der Waals surface area contributed by atoms with E-state index in [1.165, 1.54) is 11.3 Å². The summed E-state index contributed by atoms with van der Waals surface area (Å²) in [6.45, 7) is 4.51. The molecule has 1 atom stereocenters. The number of ether oxygens (including phenoxy) is 1. The van der Waals surface area contributed by atoms with Crippen LogP contribution in [0.4, 0.5) is 0 Å². The first kappa shape index (κ1) is 14.0. The van der Waals surface area contributed by atoms with Crippen molar-refractivity contribution in [1.29, 1.82) is 0 Å². The monoisotopic (exact) mass is 278 g/mol. The highest BCUT2D eigenvalue weighted by Crippen LogP contribution is 2.32. The van der Waals surface area contributed by atoms with Gasteiger partial charge in [-0.05, 0) is 24.8 Å². The summed E-state index contributed by atoms with van der Waals surface area (Å²) < 4.78 is 6.77. The fourth-order valence-corrected chi connectivity index (χ4v) is 3.18. The third-order valence-corrected chi connectivity index (χ3v) is 4.30. The summed E-state index contributed by atoms with van der Waals surface area (Å²) in [6, 6.07) is 7.77. The van der Waals surface area contributed by atoms with Gasteiger partial charge in [0.15, 0.2) is 0 Å². The number of aromatic carboxylic acids is 1. The van der Waals surface area contributed by atoms with E-state index in [4.69, 9.17) is 4.74 Å². The molecule has 0 fully saturated rings. The molecule has 0 aliphatic heterocycles. The topological polar surface area (TPSA) is 46.5 Å². The fraction of sp³-hybridized carbons (Fsp3) is 0.400. The van der Waals surface area contributed by atoms with Gasteiger partial charge in [0, 0.05) is 10.3 Å². The molecule has 1 heterocycles. The first-order chi connectivity index (χ1) is 9.13. The minimum Gasteiger partial charge on any atom is -0.477 e. The molecule has 4 heteroatoms. The molecule has 0 aliphatic carbocycles. The Kier molecular flexibility index (Phi) is 4.56. The van der Waals surface area contributed by atoms with E-state index in [9.17, 15) is 9.90 Å². The van der Waals surface area contributed by atoms with Crippen LogP contribution in [0.3, 0.4) is 0 Å². The van der Waals surface area contributed by atoms with Gasteiger partial charge in [0.25, 0.3) is 0 Å². The van der Waals surface area contributed by atoms with Crippen molar-refractivity contribution < 1.29 is 14.6 Å². The third kappa shape index (κ3) is 3.14. The fourth-order valence-electron chi connectivity index (χ4n) is 2.13. The largest absolute Gasteiger partial charge is 0.477 e. The molecule has 1 unspecified atom stereocenters. The second-order valence-electron chi connectivity index (χ2n) is 4.62. The standard InChI is InChI=1S/C15H18O3S/c1-3-6-10(2)18-9-12-11-7-4-5-8-13(11)19-14(12)15(16)17/h4-5,7-8,10H,3,6,9H2,1-2H3,(H,16,17). The van der Waals surface area contributed by atoms with Crippen LogP contribution in [0.1, 0.15) is 41.9 Å². The molecule has 3 nitrogen and oxygen atoms in total. The molecule has 0 spiro atoms. The molecule has 102 valence electrons. The van der Waals surface area contributed by atoms with Crippen LogP contribution in [0.25, 0.3) is 10.1 Å². The van der Waals surface area contributed by atoms with E-state index in [0.717, 1.165) is 28.5 Å². The van der Waals surface area contributed by atoms with E-state index in [0.29, 0.717) is 11.5 Å². The molecule has 1 aromatic carbocycles. The Hall–Kier alpha value is -1.39. The normalized spacial score (nSPS) is 12.7. The summed E-state index contributed by atoms with van der Waals surface area (Å²) >= 11 is 1.32. The van der Waals surface area contributed by atoms with E-state index in [2.05, 4.69) is 6.92 Å². The number of benzene rings is 1. The highest BCUT2D eigenvalue weighted by molar-refractivity contribution is 7.21. The van der Waals surface area contributed by atoms with Crippen molar-refractivity contribution in [1.82, 2.24) is 0 Å². The molecule has 0 amide bonds. The minimum atomic E-state index is -0.872. The summed E-state index contributed by atoms with van der Waals surface area (Å²) in [5.74, 6) is -0.872. The smallest absolute Gasteiger partial charge is 0.346 e. The van der Waals surface area contributed by atoms with Crippen LogP contribution in [0.15, 0.2) is 24.3 Å². The number of carboxylic acids is 1. The lowest BCUT2D eigenvalue weighted by molar-refractivity contribution is 0.0464. The number of hydrogen-bond donors (Lipinski definition) is 1. The number of carbonyl (C=O) groups is 1. The van der Waals surface area contributed by atoms with E-state index < -0.39 is 5.97 Å². The quantitative estimate of drug-likeness (QED) is 0.856.